The van der Waals surface area contributed by atoms with Crippen LogP contribution in [0.1, 0.15) is 51.7 Å². The minimum absolute atomic E-state index is 0.107. The van der Waals surface area contributed by atoms with Gasteiger partial charge in [0.05, 0.1) is 32.0 Å². The predicted molar refractivity (Wildman–Crippen MR) is 80.8 cm³/mol. The van der Waals surface area contributed by atoms with Crippen molar-refractivity contribution >= 4 is 0 Å². The Bertz CT molecular complexity index is 391. The molecule has 4 heteroatoms. The van der Waals surface area contributed by atoms with Crippen LogP contribution >= 0.6 is 0 Å². The molecule has 0 atom stereocenters. The number of hydrogen-bond acceptors (Lipinski definition) is 4. The first kappa shape index (κ1) is 17.2. The Morgan fingerprint density at radius 1 is 1.25 bits per heavy atom. The quantitative estimate of drug-likeness (QED) is 0.742. The van der Waals surface area contributed by atoms with Gasteiger partial charge in [0.2, 0.25) is 0 Å². The number of hydrogen-bond donors (Lipinski definition) is 1. The van der Waals surface area contributed by atoms with Crippen molar-refractivity contribution < 1.29 is 13.9 Å². The second kappa shape index (κ2) is 7.81. The standard InChI is InChI=1S/C16H29NO3/c1-12(2)17-10-15-9-14(13(3)20-15)11-18-7-8-19-16(4,5)6/h9,12,17H,7-8,10-11H2,1-6H3. The summed E-state index contributed by atoms with van der Waals surface area (Å²) in [5.74, 6) is 1.89. The molecule has 0 aromatic carbocycles. The van der Waals surface area contributed by atoms with E-state index >= 15 is 0 Å². The fraction of sp³-hybridized carbons (Fsp3) is 0.750. The summed E-state index contributed by atoms with van der Waals surface area (Å²) in [6, 6.07) is 2.52. The molecule has 1 rings (SSSR count). The second-order valence-electron chi connectivity index (χ2n) is 6.34. The maximum Gasteiger partial charge on any atom is 0.118 e. The lowest BCUT2D eigenvalue weighted by molar-refractivity contribution is -0.0378. The molecule has 0 fully saturated rings. The van der Waals surface area contributed by atoms with Crippen molar-refractivity contribution in [3.05, 3.63) is 23.2 Å². The topological polar surface area (TPSA) is 43.6 Å². The largest absolute Gasteiger partial charge is 0.465 e. The van der Waals surface area contributed by atoms with Crippen LogP contribution in [0.5, 0.6) is 0 Å². The van der Waals surface area contributed by atoms with E-state index in [1.165, 1.54) is 0 Å². The Hall–Kier alpha value is -0.840. The minimum atomic E-state index is -0.107. The van der Waals surface area contributed by atoms with Crippen LogP contribution in [0.25, 0.3) is 0 Å². The van der Waals surface area contributed by atoms with Gasteiger partial charge in [-0.15, -0.1) is 0 Å². The van der Waals surface area contributed by atoms with Crippen molar-refractivity contribution in [2.45, 2.75) is 66.3 Å². The minimum Gasteiger partial charge on any atom is -0.465 e. The van der Waals surface area contributed by atoms with Crippen molar-refractivity contribution in [3.8, 4) is 0 Å². The summed E-state index contributed by atoms with van der Waals surface area (Å²) in [5, 5.41) is 3.34. The summed E-state index contributed by atoms with van der Waals surface area (Å²) < 4.78 is 16.9. The molecule has 0 amide bonds. The number of aryl methyl sites for hydroxylation is 1. The molecular weight excluding hydrogens is 254 g/mol. The average Bonchev–Trinajstić information content (AvgIpc) is 2.66. The van der Waals surface area contributed by atoms with Crippen molar-refractivity contribution in [3.63, 3.8) is 0 Å². The summed E-state index contributed by atoms with van der Waals surface area (Å²) in [4.78, 5) is 0. The first-order valence-electron chi connectivity index (χ1n) is 7.31. The van der Waals surface area contributed by atoms with Crippen molar-refractivity contribution in [1.29, 1.82) is 0 Å². The van der Waals surface area contributed by atoms with E-state index in [-0.39, 0.29) is 5.60 Å². The third-order valence-corrected chi connectivity index (χ3v) is 2.78. The zero-order chi connectivity index (χ0) is 15.2. The van der Waals surface area contributed by atoms with Gasteiger partial charge in [0.1, 0.15) is 11.5 Å². The molecule has 1 N–H and O–H groups in total. The molecule has 1 aromatic rings. The molecule has 0 bridgehead atoms. The normalized spacial score (nSPS) is 12.3. The summed E-state index contributed by atoms with van der Waals surface area (Å²) >= 11 is 0. The van der Waals surface area contributed by atoms with Crippen LogP contribution in [0, 0.1) is 6.92 Å². The van der Waals surface area contributed by atoms with Gasteiger partial charge in [-0.3, -0.25) is 0 Å². The number of nitrogens with one attached hydrogen (secondary N) is 1. The number of furan rings is 1. The van der Waals surface area contributed by atoms with Gasteiger partial charge in [-0.05, 0) is 33.8 Å². The van der Waals surface area contributed by atoms with E-state index in [4.69, 9.17) is 13.9 Å². The van der Waals surface area contributed by atoms with Crippen LogP contribution in [-0.2, 0) is 22.6 Å². The predicted octanol–water partition coefficient (Wildman–Crippen LogP) is 3.42. The molecule has 116 valence electrons. The highest BCUT2D eigenvalue weighted by Gasteiger charge is 2.10. The lowest BCUT2D eigenvalue weighted by atomic mass is 10.2. The van der Waals surface area contributed by atoms with Crippen molar-refractivity contribution in [2.75, 3.05) is 13.2 Å². The first-order chi connectivity index (χ1) is 9.28. The first-order valence-corrected chi connectivity index (χ1v) is 7.31. The molecule has 0 aliphatic heterocycles. The molecule has 1 aromatic heterocycles. The van der Waals surface area contributed by atoms with E-state index in [1.807, 2.05) is 27.7 Å². The Morgan fingerprint density at radius 3 is 2.55 bits per heavy atom. The van der Waals surface area contributed by atoms with E-state index in [9.17, 15) is 0 Å². The van der Waals surface area contributed by atoms with Gasteiger partial charge in [-0.25, -0.2) is 0 Å². The van der Waals surface area contributed by atoms with E-state index in [0.717, 1.165) is 23.6 Å². The summed E-state index contributed by atoms with van der Waals surface area (Å²) in [7, 11) is 0. The van der Waals surface area contributed by atoms with Crippen LogP contribution in [-0.4, -0.2) is 24.9 Å². The van der Waals surface area contributed by atoms with Crippen molar-refractivity contribution in [2.24, 2.45) is 0 Å². The summed E-state index contributed by atoms with van der Waals surface area (Å²) in [6.45, 7) is 14.9. The van der Waals surface area contributed by atoms with Crippen LogP contribution in [0.3, 0.4) is 0 Å². The zero-order valence-corrected chi connectivity index (χ0v) is 13.7. The molecule has 20 heavy (non-hydrogen) atoms. The molecule has 0 radical (unpaired) electrons. The molecule has 0 saturated heterocycles. The Morgan fingerprint density at radius 2 is 1.95 bits per heavy atom. The van der Waals surface area contributed by atoms with Gasteiger partial charge in [0.15, 0.2) is 0 Å². The zero-order valence-electron chi connectivity index (χ0n) is 13.7. The highest BCUT2D eigenvalue weighted by atomic mass is 16.5. The fourth-order valence-corrected chi connectivity index (χ4v) is 1.71. The lowest BCUT2D eigenvalue weighted by Gasteiger charge is -2.19. The van der Waals surface area contributed by atoms with Gasteiger partial charge in [0, 0.05) is 11.6 Å². The summed E-state index contributed by atoms with van der Waals surface area (Å²) in [5.41, 5.74) is 1.01. The number of rotatable bonds is 8. The van der Waals surface area contributed by atoms with Gasteiger partial charge in [0.25, 0.3) is 0 Å². The Kier molecular flexibility index (Phi) is 6.72. The van der Waals surface area contributed by atoms with Gasteiger partial charge >= 0.3 is 0 Å². The van der Waals surface area contributed by atoms with Crippen molar-refractivity contribution in [1.82, 2.24) is 5.32 Å². The van der Waals surface area contributed by atoms with Crippen LogP contribution in [0.4, 0.5) is 0 Å². The van der Waals surface area contributed by atoms with E-state index in [1.54, 1.807) is 0 Å². The lowest BCUT2D eigenvalue weighted by Crippen LogP contribution is -2.21. The molecule has 4 nitrogen and oxygen atoms in total. The van der Waals surface area contributed by atoms with Gasteiger partial charge < -0.3 is 19.2 Å². The molecular formula is C16H29NO3. The molecule has 0 unspecified atom stereocenters. The highest BCUT2D eigenvalue weighted by molar-refractivity contribution is 5.19. The highest BCUT2D eigenvalue weighted by Crippen LogP contribution is 2.16. The van der Waals surface area contributed by atoms with Gasteiger partial charge in [-0.2, -0.15) is 0 Å². The SMILES string of the molecule is Cc1oc(CNC(C)C)cc1COCCOC(C)(C)C. The molecule has 1 heterocycles. The van der Waals surface area contributed by atoms with E-state index in [2.05, 4.69) is 25.2 Å². The van der Waals surface area contributed by atoms with E-state index in [0.29, 0.717) is 25.9 Å². The molecule has 0 saturated carbocycles. The smallest absolute Gasteiger partial charge is 0.118 e. The second-order valence-corrected chi connectivity index (χ2v) is 6.34. The molecule has 0 aliphatic carbocycles. The van der Waals surface area contributed by atoms with Crippen LogP contribution < -0.4 is 5.32 Å². The molecule has 0 aliphatic rings. The average molecular weight is 283 g/mol. The molecule has 0 spiro atoms. The Labute approximate surface area is 122 Å². The third-order valence-electron chi connectivity index (χ3n) is 2.78. The fourth-order valence-electron chi connectivity index (χ4n) is 1.71. The third kappa shape index (κ3) is 7.08. The summed E-state index contributed by atoms with van der Waals surface area (Å²) in [6.07, 6.45) is 0. The van der Waals surface area contributed by atoms with Crippen LogP contribution in [0.15, 0.2) is 10.5 Å². The maximum atomic E-state index is 5.70. The monoisotopic (exact) mass is 283 g/mol. The number of ether oxygens (including phenoxy) is 2. The van der Waals surface area contributed by atoms with Gasteiger partial charge in [-0.1, -0.05) is 13.8 Å². The van der Waals surface area contributed by atoms with Crippen LogP contribution in [0.2, 0.25) is 0 Å². The Balaban J connectivity index is 2.30. The maximum absolute atomic E-state index is 5.70. The van der Waals surface area contributed by atoms with E-state index < -0.39 is 0 Å².